The number of carbonyl (C=O) groups is 1. The first-order valence-corrected chi connectivity index (χ1v) is 8.75. The van der Waals surface area contributed by atoms with Gasteiger partial charge in [-0.2, -0.15) is 0 Å². The molecule has 0 atom stereocenters. The molecule has 0 unspecified atom stereocenters. The number of nitrogens with zero attached hydrogens (tertiary/aromatic N) is 2. The zero-order valence-corrected chi connectivity index (χ0v) is 15.3. The van der Waals surface area contributed by atoms with Gasteiger partial charge in [0.15, 0.2) is 0 Å². The van der Waals surface area contributed by atoms with Crippen LogP contribution in [0.25, 0.3) is 10.8 Å². The van der Waals surface area contributed by atoms with Gasteiger partial charge in [0.2, 0.25) is 5.89 Å². The number of benzene rings is 1. The number of rotatable bonds is 4. The minimum atomic E-state index is -0.493. The van der Waals surface area contributed by atoms with Crippen molar-refractivity contribution < 1.29 is 13.6 Å². The monoisotopic (exact) mass is 379 g/mol. The summed E-state index contributed by atoms with van der Waals surface area (Å²) < 4.78 is 18.7. The van der Waals surface area contributed by atoms with E-state index in [4.69, 9.17) is 16.0 Å². The lowest BCUT2D eigenvalue weighted by Crippen LogP contribution is -2.12. The number of halogens is 2. The molecule has 0 bridgehead atoms. The van der Waals surface area contributed by atoms with E-state index < -0.39 is 11.7 Å². The van der Waals surface area contributed by atoms with E-state index in [9.17, 15) is 9.18 Å². The summed E-state index contributed by atoms with van der Waals surface area (Å²) in [5.41, 5.74) is 0.824. The Labute approximate surface area is 152 Å². The number of hydrogen-bond donors (Lipinski definition) is 1. The van der Waals surface area contributed by atoms with Crippen molar-refractivity contribution in [3.8, 4) is 10.8 Å². The Morgan fingerprint density at radius 3 is 2.72 bits per heavy atom. The van der Waals surface area contributed by atoms with Gasteiger partial charge in [0, 0.05) is 10.8 Å². The number of aryl methyl sites for hydroxylation is 1. The molecule has 0 saturated carbocycles. The van der Waals surface area contributed by atoms with Crippen molar-refractivity contribution in [3.05, 3.63) is 51.4 Å². The third-order valence-electron chi connectivity index (χ3n) is 3.49. The van der Waals surface area contributed by atoms with Gasteiger partial charge in [-0.3, -0.25) is 4.79 Å². The highest BCUT2D eigenvalue weighted by molar-refractivity contribution is 7.15. The van der Waals surface area contributed by atoms with Gasteiger partial charge in [0.25, 0.3) is 11.8 Å². The van der Waals surface area contributed by atoms with Gasteiger partial charge in [0.1, 0.15) is 5.82 Å². The van der Waals surface area contributed by atoms with Gasteiger partial charge in [-0.15, -0.1) is 21.5 Å². The fourth-order valence-electron chi connectivity index (χ4n) is 2.14. The van der Waals surface area contributed by atoms with Crippen LogP contribution in [-0.4, -0.2) is 16.1 Å². The van der Waals surface area contributed by atoms with Gasteiger partial charge >= 0.3 is 0 Å². The number of amides is 1. The van der Waals surface area contributed by atoms with Gasteiger partial charge in [-0.1, -0.05) is 25.4 Å². The molecular weight excluding hydrogens is 365 g/mol. The lowest BCUT2D eigenvalue weighted by molar-refractivity contribution is 0.102. The minimum absolute atomic E-state index is 0.0593. The topological polar surface area (TPSA) is 68.0 Å². The van der Waals surface area contributed by atoms with E-state index in [2.05, 4.69) is 15.5 Å². The Kier molecular flexibility index (Phi) is 4.87. The molecule has 2 aromatic heterocycles. The van der Waals surface area contributed by atoms with Crippen molar-refractivity contribution in [2.24, 2.45) is 0 Å². The second-order valence-electron chi connectivity index (χ2n) is 5.76. The van der Waals surface area contributed by atoms with Crippen LogP contribution in [0.3, 0.4) is 0 Å². The van der Waals surface area contributed by atoms with Crippen LogP contribution in [0.5, 0.6) is 0 Å². The van der Waals surface area contributed by atoms with E-state index in [0.717, 1.165) is 15.8 Å². The second-order valence-corrected chi connectivity index (χ2v) is 7.42. The van der Waals surface area contributed by atoms with Gasteiger partial charge in [-0.05, 0) is 31.2 Å². The molecule has 0 aliphatic rings. The minimum Gasteiger partial charge on any atom is -0.420 e. The smallest absolute Gasteiger partial charge is 0.257 e. The summed E-state index contributed by atoms with van der Waals surface area (Å²) in [5, 5.41) is 10.9. The largest absolute Gasteiger partial charge is 0.420 e. The summed E-state index contributed by atoms with van der Waals surface area (Å²) in [4.78, 5) is 14.0. The fraction of sp³-hybridized carbons (Fsp3) is 0.235. The zero-order valence-electron chi connectivity index (χ0n) is 13.8. The molecule has 0 saturated heterocycles. The number of thiophene rings is 1. The van der Waals surface area contributed by atoms with Crippen LogP contribution >= 0.6 is 22.9 Å². The average Bonchev–Trinajstić information content (AvgIpc) is 3.15. The standard InChI is InChI=1S/C17H15ClFN3O2S/c1-8(2)16-21-22-17(24-16)14-7-13(9(3)25-14)20-15(23)11-5-4-10(19)6-12(11)18/h4-8H,1-3H3,(H,20,23). The number of aromatic nitrogens is 2. The molecule has 0 aliphatic carbocycles. The highest BCUT2D eigenvalue weighted by Gasteiger charge is 2.18. The first-order chi connectivity index (χ1) is 11.8. The van der Waals surface area contributed by atoms with Crippen LogP contribution in [0.15, 0.2) is 28.7 Å². The van der Waals surface area contributed by atoms with Crippen molar-refractivity contribution in [1.82, 2.24) is 10.2 Å². The van der Waals surface area contributed by atoms with Gasteiger partial charge < -0.3 is 9.73 Å². The van der Waals surface area contributed by atoms with E-state index in [1.165, 1.54) is 23.5 Å². The molecule has 0 aliphatic heterocycles. The lowest BCUT2D eigenvalue weighted by atomic mass is 10.2. The molecule has 130 valence electrons. The summed E-state index contributed by atoms with van der Waals surface area (Å²) in [7, 11) is 0. The number of carbonyl (C=O) groups excluding carboxylic acids is 1. The zero-order chi connectivity index (χ0) is 18.1. The predicted octanol–water partition coefficient (Wildman–Crippen LogP) is 5.27. The van der Waals surface area contributed by atoms with Crippen molar-refractivity contribution >= 4 is 34.5 Å². The van der Waals surface area contributed by atoms with Gasteiger partial charge in [0.05, 0.1) is 21.2 Å². The third-order valence-corrected chi connectivity index (χ3v) is 4.84. The molecule has 1 N–H and O–H groups in total. The third kappa shape index (κ3) is 3.72. The summed E-state index contributed by atoms with van der Waals surface area (Å²) in [6.45, 7) is 5.81. The maximum atomic E-state index is 13.1. The van der Waals surface area contributed by atoms with Crippen LogP contribution in [-0.2, 0) is 0 Å². The van der Waals surface area contributed by atoms with Crippen LogP contribution in [0, 0.1) is 12.7 Å². The van der Waals surface area contributed by atoms with E-state index in [1.807, 2.05) is 20.8 Å². The first kappa shape index (κ1) is 17.6. The van der Waals surface area contributed by atoms with Gasteiger partial charge in [-0.25, -0.2) is 4.39 Å². The van der Waals surface area contributed by atoms with Crippen LogP contribution in [0.2, 0.25) is 5.02 Å². The maximum absolute atomic E-state index is 13.1. The molecule has 8 heteroatoms. The second kappa shape index (κ2) is 6.93. The highest BCUT2D eigenvalue weighted by Crippen LogP contribution is 2.34. The summed E-state index contributed by atoms with van der Waals surface area (Å²) in [6.07, 6.45) is 0. The quantitative estimate of drug-likeness (QED) is 0.670. The Bertz CT molecular complexity index is 936. The van der Waals surface area contributed by atoms with E-state index in [1.54, 1.807) is 6.07 Å². The Hall–Kier alpha value is -2.25. The SMILES string of the molecule is Cc1sc(-c2nnc(C(C)C)o2)cc1NC(=O)c1ccc(F)cc1Cl. The van der Waals surface area contributed by atoms with E-state index in [-0.39, 0.29) is 16.5 Å². The predicted molar refractivity (Wildman–Crippen MR) is 95.8 cm³/mol. The molecule has 1 aromatic carbocycles. The molecule has 5 nitrogen and oxygen atoms in total. The average molecular weight is 380 g/mol. The summed E-state index contributed by atoms with van der Waals surface area (Å²) in [6, 6.07) is 5.42. The molecule has 3 aromatic rings. The van der Waals surface area contributed by atoms with Crippen molar-refractivity contribution in [1.29, 1.82) is 0 Å². The Morgan fingerprint density at radius 1 is 1.32 bits per heavy atom. The summed E-state index contributed by atoms with van der Waals surface area (Å²) >= 11 is 7.36. The summed E-state index contributed by atoms with van der Waals surface area (Å²) in [5.74, 6) is 0.211. The molecule has 25 heavy (non-hydrogen) atoms. The molecule has 0 spiro atoms. The van der Waals surface area contributed by atoms with Crippen molar-refractivity contribution in [3.63, 3.8) is 0 Å². The fourth-order valence-corrected chi connectivity index (χ4v) is 3.29. The molecule has 2 heterocycles. The van der Waals surface area contributed by atoms with Crippen molar-refractivity contribution in [2.45, 2.75) is 26.7 Å². The molecule has 1 amide bonds. The highest BCUT2D eigenvalue weighted by atomic mass is 35.5. The number of anilines is 1. The van der Waals surface area contributed by atoms with Crippen LogP contribution in [0.1, 0.15) is 40.9 Å². The number of nitrogens with one attached hydrogen (secondary N) is 1. The Morgan fingerprint density at radius 2 is 2.08 bits per heavy atom. The normalized spacial score (nSPS) is 11.1. The molecule has 0 fully saturated rings. The number of hydrogen-bond acceptors (Lipinski definition) is 5. The molecule has 0 radical (unpaired) electrons. The first-order valence-electron chi connectivity index (χ1n) is 7.55. The molecular formula is C17H15ClFN3O2S. The maximum Gasteiger partial charge on any atom is 0.257 e. The van der Waals surface area contributed by atoms with Crippen molar-refractivity contribution in [2.75, 3.05) is 5.32 Å². The van der Waals surface area contributed by atoms with E-state index >= 15 is 0 Å². The van der Waals surface area contributed by atoms with Crippen LogP contribution < -0.4 is 5.32 Å². The van der Waals surface area contributed by atoms with Crippen LogP contribution in [0.4, 0.5) is 10.1 Å². The molecule has 3 rings (SSSR count). The lowest BCUT2D eigenvalue weighted by Gasteiger charge is -2.06. The van der Waals surface area contributed by atoms with E-state index in [0.29, 0.717) is 17.5 Å². The Balaban J connectivity index is 1.83.